The number of halogens is 1. The quantitative estimate of drug-likeness (QED) is 0.512. The Morgan fingerprint density at radius 2 is 1.57 bits per heavy atom. The Morgan fingerprint density at radius 3 is 1.93 bits per heavy atom. The van der Waals surface area contributed by atoms with Crippen molar-refractivity contribution in [1.82, 2.24) is 0 Å². The number of allylic oxidation sites excluding steroid dienone is 1. The van der Waals surface area contributed by atoms with Crippen LogP contribution in [0.2, 0.25) is 0 Å². The van der Waals surface area contributed by atoms with E-state index in [0.717, 1.165) is 11.0 Å². The zero-order valence-corrected chi connectivity index (χ0v) is 10.9. The lowest BCUT2D eigenvalue weighted by atomic mass is 9.89. The largest absolute Gasteiger partial charge is 0.0895 e. The van der Waals surface area contributed by atoms with Crippen molar-refractivity contribution in [2.75, 3.05) is 0 Å². The molecular weight excluding hydrogens is 192 g/mol. The van der Waals surface area contributed by atoms with Crippen LogP contribution in [0.5, 0.6) is 0 Å². The maximum absolute atomic E-state index is 5.99. The van der Waals surface area contributed by atoms with Crippen LogP contribution in [0, 0.1) is 17.8 Å². The van der Waals surface area contributed by atoms with Gasteiger partial charge >= 0.3 is 0 Å². The molecule has 1 atom stereocenters. The van der Waals surface area contributed by atoms with Crippen LogP contribution in [0.25, 0.3) is 0 Å². The van der Waals surface area contributed by atoms with E-state index >= 15 is 0 Å². The Hall–Kier alpha value is 0.0300. The molecule has 0 amide bonds. The van der Waals surface area contributed by atoms with Gasteiger partial charge < -0.3 is 0 Å². The number of hydrogen-bond donors (Lipinski definition) is 0. The van der Waals surface area contributed by atoms with Gasteiger partial charge in [0.05, 0.1) is 0 Å². The van der Waals surface area contributed by atoms with Crippen molar-refractivity contribution in [2.24, 2.45) is 17.8 Å². The van der Waals surface area contributed by atoms with Crippen molar-refractivity contribution < 1.29 is 0 Å². The Labute approximate surface area is 94.7 Å². The fraction of sp³-hybridized carbons (Fsp3) is 0.846. The van der Waals surface area contributed by atoms with E-state index < -0.39 is 0 Å². The molecule has 0 aliphatic carbocycles. The van der Waals surface area contributed by atoms with E-state index in [1.165, 1.54) is 25.7 Å². The molecule has 0 rings (SSSR count). The molecule has 0 aromatic heterocycles. The predicted octanol–water partition coefficient (Wildman–Crippen LogP) is 5.23. The molecule has 1 heteroatoms. The van der Waals surface area contributed by atoms with E-state index in [1.54, 1.807) is 0 Å². The van der Waals surface area contributed by atoms with Crippen molar-refractivity contribution in [3.63, 3.8) is 0 Å². The molecule has 0 radical (unpaired) electrons. The van der Waals surface area contributed by atoms with E-state index in [1.807, 2.05) is 0 Å². The minimum atomic E-state index is 0.504. The molecule has 0 saturated carbocycles. The normalized spacial score (nSPS) is 13.6. The van der Waals surface area contributed by atoms with Crippen molar-refractivity contribution >= 4 is 11.6 Å². The summed E-state index contributed by atoms with van der Waals surface area (Å²) >= 11 is 5.99. The Balaban J connectivity index is 3.67. The molecule has 0 bridgehead atoms. The summed E-state index contributed by atoms with van der Waals surface area (Å²) in [7, 11) is 0. The minimum absolute atomic E-state index is 0.504. The van der Waals surface area contributed by atoms with E-state index in [2.05, 4.69) is 34.3 Å². The predicted molar refractivity (Wildman–Crippen MR) is 66.6 cm³/mol. The van der Waals surface area contributed by atoms with Crippen LogP contribution >= 0.6 is 11.6 Å². The van der Waals surface area contributed by atoms with Gasteiger partial charge in [-0.1, -0.05) is 65.1 Å². The summed E-state index contributed by atoms with van der Waals surface area (Å²) in [5.41, 5.74) is 0. The van der Waals surface area contributed by atoms with E-state index in [9.17, 15) is 0 Å². The van der Waals surface area contributed by atoms with Crippen LogP contribution in [0.15, 0.2) is 11.6 Å². The maximum Gasteiger partial charge on any atom is 0.0142 e. The van der Waals surface area contributed by atoms with Gasteiger partial charge in [-0.2, -0.15) is 0 Å². The van der Waals surface area contributed by atoms with Gasteiger partial charge in [0.2, 0.25) is 0 Å². The fourth-order valence-corrected chi connectivity index (χ4v) is 2.13. The molecule has 0 heterocycles. The molecule has 0 saturated heterocycles. The van der Waals surface area contributed by atoms with Crippen LogP contribution < -0.4 is 0 Å². The first kappa shape index (κ1) is 14.0. The van der Waals surface area contributed by atoms with Crippen LogP contribution in [0.3, 0.4) is 0 Å². The Bertz CT molecular complexity index is 159. The highest BCUT2D eigenvalue weighted by molar-refractivity contribution is 6.29. The van der Waals surface area contributed by atoms with Gasteiger partial charge in [0.25, 0.3) is 0 Å². The van der Waals surface area contributed by atoms with E-state index in [-0.39, 0.29) is 0 Å². The minimum Gasteiger partial charge on any atom is -0.0895 e. The third kappa shape index (κ3) is 6.48. The van der Waals surface area contributed by atoms with Crippen molar-refractivity contribution in [3.05, 3.63) is 11.6 Å². The molecule has 0 spiro atoms. The monoisotopic (exact) mass is 216 g/mol. The Kier molecular flexibility index (Phi) is 7.35. The fourth-order valence-electron chi connectivity index (χ4n) is 1.77. The molecule has 0 aromatic carbocycles. The third-order valence-corrected chi connectivity index (χ3v) is 3.03. The van der Waals surface area contributed by atoms with Gasteiger partial charge in [-0.15, -0.1) is 0 Å². The third-order valence-electron chi connectivity index (χ3n) is 2.75. The second kappa shape index (κ2) is 7.34. The molecule has 0 aliphatic rings. The van der Waals surface area contributed by atoms with Gasteiger partial charge in [-0.3, -0.25) is 0 Å². The zero-order valence-electron chi connectivity index (χ0n) is 10.1. The molecule has 1 unspecified atom stereocenters. The highest BCUT2D eigenvalue weighted by Crippen LogP contribution is 2.27. The second-order valence-corrected chi connectivity index (χ2v) is 5.46. The highest BCUT2D eigenvalue weighted by Gasteiger charge is 2.14. The first-order valence-electron chi connectivity index (χ1n) is 5.79. The van der Waals surface area contributed by atoms with Crippen molar-refractivity contribution in [1.29, 1.82) is 0 Å². The van der Waals surface area contributed by atoms with Gasteiger partial charge in [-0.25, -0.2) is 0 Å². The van der Waals surface area contributed by atoms with Crippen molar-refractivity contribution in [3.8, 4) is 0 Å². The van der Waals surface area contributed by atoms with Crippen LogP contribution in [-0.2, 0) is 0 Å². The SMILES string of the molecule is C=C(Cl)C(CCCCC(C)C)C(C)C. The highest BCUT2D eigenvalue weighted by atomic mass is 35.5. The molecule has 0 N–H and O–H groups in total. The van der Waals surface area contributed by atoms with Gasteiger partial charge in [0, 0.05) is 5.03 Å². The standard InChI is InChI=1S/C13H25Cl/c1-10(2)8-6-7-9-13(11(3)4)12(5)14/h10-11,13H,5-9H2,1-4H3. The second-order valence-electron chi connectivity index (χ2n) is 4.98. The first-order chi connectivity index (χ1) is 6.45. The average Bonchev–Trinajstić information content (AvgIpc) is 2.01. The molecule has 14 heavy (non-hydrogen) atoms. The topological polar surface area (TPSA) is 0 Å². The molecule has 84 valence electrons. The number of rotatable bonds is 7. The maximum atomic E-state index is 5.99. The van der Waals surface area contributed by atoms with Crippen LogP contribution in [-0.4, -0.2) is 0 Å². The molecular formula is C13H25Cl. The molecule has 0 nitrogen and oxygen atoms in total. The Morgan fingerprint density at radius 1 is 1.07 bits per heavy atom. The number of hydrogen-bond acceptors (Lipinski definition) is 0. The number of unbranched alkanes of at least 4 members (excludes halogenated alkanes) is 1. The molecule has 0 aliphatic heterocycles. The van der Waals surface area contributed by atoms with Crippen LogP contribution in [0.4, 0.5) is 0 Å². The van der Waals surface area contributed by atoms with Gasteiger partial charge in [0.15, 0.2) is 0 Å². The van der Waals surface area contributed by atoms with E-state index in [4.69, 9.17) is 11.6 Å². The van der Waals surface area contributed by atoms with Gasteiger partial charge in [0.1, 0.15) is 0 Å². The lowest BCUT2D eigenvalue weighted by Crippen LogP contribution is -2.08. The van der Waals surface area contributed by atoms with Gasteiger partial charge in [-0.05, 0) is 24.2 Å². The summed E-state index contributed by atoms with van der Waals surface area (Å²) in [4.78, 5) is 0. The summed E-state index contributed by atoms with van der Waals surface area (Å²) < 4.78 is 0. The smallest absolute Gasteiger partial charge is 0.0142 e. The first-order valence-corrected chi connectivity index (χ1v) is 6.17. The molecule has 0 fully saturated rings. The van der Waals surface area contributed by atoms with E-state index in [0.29, 0.717) is 11.8 Å². The summed E-state index contributed by atoms with van der Waals surface area (Å²) in [6.45, 7) is 12.9. The molecule has 0 aromatic rings. The summed E-state index contributed by atoms with van der Waals surface area (Å²) in [5.74, 6) is 1.95. The average molecular weight is 217 g/mol. The summed E-state index contributed by atoms with van der Waals surface area (Å²) in [6, 6.07) is 0. The zero-order chi connectivity index (χ0) is 11.1. The van der Waals surface area contributed by atoms with Crippen LogP contribution in [0.1, 0.15) is 53.4 Å². The summed E-state index contributed by atoms with van der Waals surface area (Å²) in [6.07, 6.45) is 5.14. The lowest BCUT2D eigenvalue weighted by Gasteiger charge is -2.19. The van der Waals surface area contributed by atoms with Crippen molar-refractivity contribution in [2.45, 2.75) is 53.4 Å². The summed E-state index contributed by atoms with van der Waals surface area (Å²) in [5, 5.41) is 0.838. The lowest BCUT2D eigenvalue weighted by molar-refractivity contribution is 0.401.